The molecule has 1 saturated carbocycles. The zero-order chi connectivity index (χ0) is 37.2. The number of benzene rings is 2. The molecule has 2 fully saturated rings. The second-order valence-electron chi connectivity index (χ2n) is 16.1. The first-order valence-electron chi connectivity index (χ1n) is 22.4. The molecule has 0 bridgehead atoms. The van der Waals surface area contributed by atoms with Crippen molar-refractivity contribution in [2.75, 3.05) is 34.6 Å². The maximum atomic E-state index is 6.27. The van der Waals surface area contributed by atoms with Gasteiger partial charge in [0.25, 0.3) is 0 Å². The Bertz CT molecular complexity index is 1110. The molecule has 1 saturated heterocycles. The van der Waals surface area contributed by atoms with Gasteiger partial charge in [-0.1, -0.05) is 173 Å². The van der Waals surface area contributed by atoms with E-state index in [-0.39, 0.29) is 0 Å². The minimum atomic E-state index is 0.639. The van der Waals surface area contributed by atoms with E-state index < -0.39 is 0 Å². The van der Waals surface area contributed by atoms with Gasteiger partial charge in [0.15, 0.2) is 5.11 Å². The number of anilines is 2. The number of hydrogen-bond acceptors (Lipinski definition) is 4. The number of nitrogens with zero attached hydrogens (tertiary/aromatic N) is 3. The van der Waals surface area contributed by atoms with E-state index in [0.717, 1.165) is 30.0 Å². The number of rotatable bonds is 29. The fourth-order valence-electron chi connectivity index (χ4n) is 8.04. The van der Waals surface area contributed by atoms with Gasteiger partial charge in [-0.3, -0.25) is 4.90 Å². The van der Waals surface area contributed by atoms with Crippen LogP contribution in [-0.4, -0.2) is 40.9 Å². The third kappa shape index (κ3) is 17.6. The third-order valence-electron chi connectivity index (χ3n) is 11.5. The second kappa shape index (κ2) is 28.2. The first-order chi connectivity index (χ1) is 26.2. The van der Waals surface area contributed by atoms with Crippen molar-refractivity contribution in [3.8, 4) is 0 Å². The predicted octanol–water partition coefficient (Wildman–Crippen LogP) is 15.2. The maximum Gasteiger partial charge on any atom is 0.182 e. The lowest BCUT2D eigenvalue weighted by Crippen LogP contribution is -2.61. The van der Waals surface area contributed by atoms with E-state index in [1.54, 1.807) is 0 Å². The summed E-state index contributed by atoms with van der Waals surface area (Å²) in [7, 11) is 0. The average Bonchev–Trinajstić information content (AvgIpc) is 3.20. The maximum absolute atomic E-state index is 6.27. The van der Waals surface area contributed by atoms with Crippen molar-refractivity contribution in [1.29, 1.82) is 0 Å². The normalized spacial score (nSPS) is 15.8. The molecule has 1 heterocycles. The van der Waals surface area contributed by atoms with Gasteiger partial charge in [-0.05, 0) is 84.8 Å². The van der Waals surface area contributed by atoms with Gasteiger partial charge in [-0.15, -0.1) is 0 Å². The summed E-state index contributed by atoms with van der Waals surface area (Å²) in [6.45, 7) is 6.38. The Labute approximate surface area is 341 Å². The average molecular weight is 780 g/mol. The summed E-state index contributed by atoms with van der Waals surface area (Å²) < 4.78 is 0. The van der Waals surface area contributed by atoms with Gasteiger partial charge in [0.2, 0.25) is 0 Å². The van der Waals surface area contributed by atoms with Crippen LogP contribution in [0.2, 0.25) is 0 Å². The molecular formula is C47H77N3S3. The zero-order valence-corrected chi connectivity index (χ0v) is 36.6. The summed E-state index contributed by atoms with van der Waals surface area (Å²) in [4.78, 5) is 7.48. The van der Waals surface area contributed by atoms with Crippen molar-refractivity contribution < 1.29 is 0 Å². The molecule has 1 aliphatic heterocycles. The van der Waals surface area contributed by atoms with Crippen molar-refractivity contribution in [3.63, 3.8) is 0 Å². The van der Waals surface area contributed by atoms with Gasteiger partial charge in [-0.25, -0.2) is 0 Å². The highest BCUT2D eigenvalue weighted by Gasteiger charge is 2.33. The molecule has 0 atom stereocenters. The molecule has 4 rings (SSSR count). The Morgan fingerprint density at radius 2 is 0.849 bits per heavy atom. The Kier molecular flexibility index (Phi) is 23.7. The largest absolute Gasteiger partial charge is 0.305 e. The molecule has 3 nitrogen and oxygen atoms in total. The lowest BCUT2D eigenvalue weighted by atomic mass is 9.94. The van der Waals surface area contributed by atoms with Gasteiger partial charge < -0.3 is 9.80 Å². The number of hydrogen-bond donors (Lipinski definition) is 0. The lowest BCUT2D eigenvalue weighted by molar-refractivity contribution is 0.158. The molecule has 0 amide bonds. The minimum Gasteiger partial charge on any atom is -0.305 e. The Balaban J connectivity index is 1.20. The lowest BCUT2D eigenvalue weighted by Gasteiger charge is -2.48. The van der Waals surface area contributed by atoms with E-state index in [4.69, 9.17) is 12.2 Å². The van der Waals surface area contributed by atoms with Crippen LogP contribution in [0.1, 0.15) is 185 Å². The van der Waals surface area contributed by atoms with Gasteiger partial charge in [0.1, 0.15) is 0 Å². The highest BCUT2D eigenvalue weighted by Crippen LogP contribution is 2.31. The topological polar surface area (TPSA) is 9.72 Å². The Morgan fingerprint density at radius 3 is 1.23 bits per heavy atom. The smallest absolute Gasteiger partial charge is 0.182 e. The summed E-state index contributed by atoms with van der Waals surface area (Å²) in [5, 5.41) is 0.934. The van der Waals surface area contributed by atoms with E-state index >= 15 is 0 Å². The quantitative estimate of drug-likeness (QED) is 0.0597. The SMILES string of the molecule is CCCCCCCCCCCCSCc1ccc(N2CN(C3CCCCC3)CN(c3ccc(CSCCCCCCCCCCCC)cc3)C2=S)cc1. The van der Waals surface area contributed by atoms with Crippen LogP contribution in [0.15, 0.2) is 48.5 Å². The van der Waals surface area contributed by atoms with Gasteiger partial charge in [-0.2, -0.15) is 23.5 Å². The molecule has 1 aliphatic carbocycles. The van der Waals surface area contributed by atoms with Crippen LogP contribution in [0.4, 0.5) is 11.4 Å². The summed E-state index contributed by atoms with van der Waals surface area (Å²) in [6.07, 6.45) is 34.9. The van der Waals surface area contributed by atoms with Crippen molar-refractivity contribution in [2.24, 2.45) is 0 Å². The summed E-state index contributed by atoms with van der Waals surface area (Å²) in [6, 6.07) is 19.3. The van der Waals surface area contributed by atoms with Crippen LogP contribution in [-0.2, 0) is 11.5 Å². The molecule has 6 heteroatoms. The van der Waals surface area contributed by atoms with Gasteiger partial charge in [0.05, 0.1) is 13.3 Å². The number of thioether (sulfide) groups is 2. The van der Waals surface area contributed by atoms with E-state index in [1.165, 1.54) is 195 Å². The number of thiocarbonyl (C=S) groups is 1. The zero-order valence-electron chi connectivity index (χ0n) is 34.2. The third-order valence-corrected chi connectivity index (χ3v) is 14.2. The molecule has 0 spiro atoms. The highest BCUT2D eigenvalue weighted by molar-refractivity contribution is 7.98. The van der Waals surface area contributed by atoms with Crippen molar-refractivity contribution in [1.82, 2.24) is 4.90 Å². The number of unbranched alkanes of at least 4 members (excludes halogenated alkanes) is 18. The predicted molar refractivity (Wildman–Crippen MR) is 245 cm³/mol. The first-order valence-corrected chi connectivity index (χ1v) is 25.1. The van der Waals surface area contributed by atoms with E-state index in [9.17, 15) is 0 Å². The van der Waals surface area contributed by atoms with E-state index in [1.807, 2.05) is 0 Å². The van der Waals surface area contributed by atoms with Gasteiger partial charge in [0, 0.05) is 28.9 Å². The van der Waals surface area contributed by atoms with Crippen LogP contribution in [0.3, 0.4) is 0 Å². The molecule has 2 aromatic carbocycles. The summed E-state index contributed by atoms with van der Waals surface area (Å²) in [5.74, 6) is 4.76. The molecule has 0 unspecified atom stereocenters. The first kappa shape index (κ1) is 44.5. The van der Waals surface area contributed by atoms with Crippen LogP contribution in [0.25, 0.3) is 0 Å². The molecule has 0 N–H and O–H groups in total. The molecule has 53 heavy (non-hydrogen) atoms. The van der Waals surface area contributed by atoms with Gasteiger partial charge >= 0.3 is 0 Å². The molecule has 298 valence electrons. The van der Waals surface area contributed by atoms with Crippen LogP contribution < -0.4 is 9.80 Å². The monoisotopic (exact) mass is 780 g/mol. The summed E-state index contributed by atoms with van der Waals surface area (Å²) >= 11 is 10.5. The summed E-state index contributed by atoms with van der Waals surface area (Å²) in [5.41, 5.74) is 5.31. The minimum absolute atomic E-state index is 0.639. The fourth-order valence-corrected chi connectivity index (χ4v) is 10.3. The molecule has 2 aliphatic rings. The molecule has 0 radical (unpaired) electrons. The van der Waals surface area contributed by atoms with E-state index in [2.05, 4.69) is 101 Å². The van der Waals surface area contributed by atoms with Crippen molar-refractivity contribution in [2.45, 2.75) is 192 Å². The standard InChI is InChI=1S/C47H77N3S3/c1-3-5-7-9-11-13-15-17-19-24-36-52-38-42-28-32-45(33-29-42)49-40-48(44-26-22-21-23-27-44)41-50(47(49)51)46-34-30-43(31-35-46)39-53-37-25-20-18-16-14-12-10-8-6-4-2/h28-35,44H,3-27,36-41H2,1-2H3. The molecule has 2 aromatic rings. The van der Waals surface area contributed by atoms with Crippen molar-refractivity contribution >= 4 is 52.2 Å². The van der Waals surface area contributed by atoms with Crippen LogP contribution in [0, 0.1) is 0 Å². The Morgan fingerprint density at radius 1 is 0.491 bits per heavy atom. The fraction of sp³-hybridized carbons (Fsp3) is 0.723. The van der Waals surface area contributed by atoms with E-state index in [0.29, 0.717) is 6.04 Å². The van der Waals surface area contributed by atoms with Crippen molar-refractivity contribution in [3.05, 3.63) is 59.7 Å². The van der Waals surface area contributed by atoms with Crippen LogP contribution in [0.5, 0.6) is 0 Å². The second-order valence-corrected chi connectivity index (χ2v) is 18.7. The Hall–Kier alpha value is -1.21. The highest BCUT2D eigenvalue weighted by atomic mass is 32.2. The molecular weight excluding hydrogens is 703 g/mol. The molecule has 0 aromatic heterocycles. The van der Waals surface area contributed by atoms with Crippen LogP contribution >= 0.6 is 35.7 Å².